The van der Waals surface area contributed by atoms with Crippen molar-refractivity contribution in [2.75, 3.05) is 27.2 Å². The summed E-state index contributed by atoms with van der Waals surface area (Å²) < 4.78 is 0. The lowest BCUT2D eigenvalue weighted by atomic mass is 10.1. The van der Waals surface area contributed by atoms with E-state index in [2.05, 4.69) is 19.0 Å². The summed E-state index contributed by atoms with van der Waals surface area (Å²) in [6.45, 7) is 1.59. The first kappa shape index (κ1) is 16.0. The van der Waals surface area contributed by atoms with Gasteiger partial charge in [-0.2, -0.15) is 0 Å². The summed E-state index contributed by atoms with van der Waals surface area (Å²) in [5.74, 6) is 0.0329. The molecule has 1 aliphatic heterocycles. The van der Waals surface area contributed by atoms with Crippen molar-refractivity contribution in [3.8, 4) is 0 Å². The van der Waals surface area contributed by atoms with Crippen LogP contribution in [0.2, 0.25) is 0 Å². The third-order valence-electron chi connectivity index (χ3n) is 3.63. The first-order valence-electron chi connectivity index (χ1n) is 6.35. The highest BCUT2D eigenvalue weighted by molar-refractivity contribution is 5.85. The molecule has 0 saturated carbocycles. The largest absolute Gasteiger partial charge is 0.339 e. The number of hydrogen-bond acceptors (Lipinski definition) is 3. The zero-order valence-electron chi connectivity index (χ0n) is 11.5. The van der Waals surface area contributed by atoms with Gasteiger partial charge < -0.3 is 15.5 Å². The number of nitrogens with two attached hydrogens (primary N) is 1. The number of amides is 1. The Hall–Kier alpha value is -1.10. The number of carbonyl (C=O) groups is 1. The molecule has 2 rings (SSSR count). The molecule has 2 N–H and O–H groups in total. The number of nitrogens with zero attached hydrogens (tertiary/aromatic N) is 2. The zero-order valence-corrected chi connectivity index (χ0v) is 12.3. The standard InChI is InChI=1S/C14H21N3O.ClH/c1-16(2)12-8-9-17(10-12)14(18)13(15)11-6-4-3-5-7-11;/h3-7,12-13H,8-10,15H2,1-2H3;1H. The molecule has 0 radical (unpaired) electrons. The van der Waals surface area contributed by atoms with E-state index >= 15 is 0 Å². The van der Waals surface area contributed by atoms with Crippen LogP contribution in [0.15, 0.2) is 30.3 Å². The summed E-state index contributed by atoms with van der Waals surface area (Å²) in [5, 5.41) is 0. The second-order valence-corrected chi connectivity index (χ2v) is 5.08. The molecule has 2 atom stereocenters. The van der Waals surface area contributed by atoms with Gasteiger partial charge >= 0.3 is 0 Å². The van der Waals surface area contributed by atoms with Gasteiger partial charge in [-0.3, -0.25) is 4.79 Å². The molecule has 5 heteroatoms. The predicted molar refractivity (Wildman–Crippen MR) is 79.3 cm³/mol. The zero-order chi connectivity index (χ0) is 13.1. The van der Waals surface area contributed by atoms with Crippen LogP contribution in [-0.4, -0.2) is 48.9 Å². The molecule has 0 aromatic heterocycles. The van der Waals surface area contributed by atoms with Crippen molar-refractivity contribution < 1.29 is 4.79 Å². The van der Waals surface area contributed by atoms with Crippen LogP contribution >= 0.6 is 12.4 Å². The second-order valence-electron chi connectivity index (χ2n) is 5.08. The highest BCUT2D eigenvalue weighted by atomic mass is 35.5. The van der Waals surface area contributed by atoms with E-state index in [0.29, 0.717) is 6.04 Å². The van der Waals surface area contributed by atoms with Crippen molar-refractivity contribution >= 4 is 18.3 Å². The van der Waals surface area contributed by atoms with E-state index in [1.54, 1.807) is 0 Å². The summed E-state index contributed by atoms with van der Waals surface area (Å²) >= 11 is 0. The maximum absolute atomic E-state index is 12.3. The van der Waals surface area contributed by atoms with Crippen molar-refractivity contribution in [2.24, 2.45) is 5.73 Å². The summed E-state index contributed by atoms with van der Waals surface area (Å²) in [5.41, 5.74) is 6.92. The number of likely N-dealkylation sites (N-methyl/N-ethyl adjacent to an activating group) is 1. The van der Waals surface area contributed by atoms with Crippen LogP contribution in [0.3, 0.4) is 0 Å². The molecule has 0 bridgehead atoms. The van der Waals surface area contributed by atoms with Crippen LogP contribution in [0, 0.1) is 0 Å². The van der Waals surface area contributed by atoms with Crippen LogP contribution < -0.4 is 5.73 Å². The van der Waals surface area contributed by atoms with E-state index < -0.39 is 6.04 Å². The maximum atomic E-state index is 12.3. The Labute approximate surface area is 121 Å². The van der Waals surface area contributed by atoms with Gasteiger partial charge in [-0.15, -0.1) is 12.4 Å². The highest BCUT2D eigenvalue weighted by Crippen LogP contribution is 2.19. The second kappa shape index (κ2) is 6.89. The molecular formula is C14H22ClN3O. The average molecular weight is 284 g/mol. The van der Waals surface area contributed by atoms with Crippen LogP contribution in [-0.2, 0) is 4.79 Å². The Morgan fingerprint density at radius 3 is 2.53 bits per heavy atom. The minimum Gasteiger partial charge on any atom is -0.339 e. The third kappa shape index (κ3) is 3.69. The number of halogens is 1. The topological polar surface area (TPSA) is 49.6 Å². The van der Waals surface area contributed by atoms with E-state index in [1.807, 2.05) is 35.2 Å². The number of likely N-dealkylation sites (tertiary alicyclic amines) is 1. The summed E-state index contributed by atoms with van der Waals surface area (Å²) in [6, 6.07) is 9.48. The molecule has 1 fully saturated rings. The van der Waals surface area contributed by atoms with Crippen LogP contribution in [0.1, 0.15) is 18.0 Å². The van der Waals surface area contributed by atoms with Gasteiger partial charge in [0, 0.05) is 19.1 Å². The highest BCUT2D eigenvalue weighted by Gasteiger charge is 2.30. The van der Waals surface area contributed by atoms with Crippen LogP contribution in [0.5, 0.6) is 0 Å². The van der Waals surface area contributed by atoms with Crippen LogP contribution in [0.25, 0.3) is 0 Å². The molecule has 1 saturated heterocycles. The van der Waals surface area contributed by atoms with Gasteiger partial charge in [0.2, 0.25) is 5.91 Å². The molecule has 4 nitrogen and oxygen atoms in total. The molecule has 106 valence electrons. The molecule has 2 unspecified atom stereocenters. The first-order chi connectivity index (χ1) is 8.59. The van der Waals surface area contributed by atoms with Gasteiger partial charge in [0.25, 0.3) is 0 Å². The minimum atomic E-state index is -0.535. The molecule has 1 amide bonds. The molecule has 1 heterocycles. The van der Waals surface area contributed by atoms with E-state index in [4.69, 9.17) is 5.73 Å². The third-order valence-corrected chi connectivity index (χ3v) is 3.63. The molecule has 0 aliphatic carbocycles. The van der Waals surface area contributed by atoms with Gasteiger partial charge in [-0.1, -0.05) is 30.3 Å². The Kier molecular flexibility index (Phi) is 5.79. The molecule has 19 heavy (non-hydrogen) atoms. The molecule has 1 aromatic rings. The quantitative estimate of drug-likeness (QED) is 0.909. The van der Waals surface area contributed by atoms with Gasteiger partial charge in [0.1, 0.15) is 6.04 Å². The fraction of sp³-hybridized carbons (Fsp3) is 0.500. The van der Waals surface area contributed by atoms with E-state index in [9.17, 15) is 4.79 Å². The van der Waals surface area contributed by atoms with Gasteiger partial charge in [-0.05, 0) is 26.1 Å². The number of carbonyl (C=O) groups excluding carboxylic acids is 1. The summed E-state index contributed by atoms with van der Waals surface area (Å²) in [7, 11) is 4.10. The maximum Gasteiger partial charge on any atom is 0.244 e. The normalized spacial score (nSPS) is 20.2. The molecule has 1 aliphatic rings. The fourth-order valence-corrected chi connectivity index (χ4v) is 2.36. The average Bonchev–Trinajstić information content (AvgIpc) is 2.88. The van der Waals surface area contributed by atoms with E-state index in [-0.39, 0.29) is 18.3 Å². The van der Waals surface area contributed by atoms with Crippen molar-refractivity contribution in [3.05, 3.63) is 35.9 Å². The summed E-state index contributed by atoms with van der Waals surface area (Å²) in [4.78, 5) is 16.3. The van der Waals surface area contributed by atoms with Gasteiger partial charge in [-0.25, -0.2) is 0 Å². The SMILES string of the molecule is CN(C)C1CCN(C(=O)C(N)c2ccccc2)C1.Cl. The van der Waals surface area contributed by atoms with Crippen LogP contribution in [0.4, 0.5) is 0 Å². The summed E-state index contributed by atoms with van der Waals surface area (Å²) in [6.07, 6.45) is 1.03. The Morgan fingerprint density at radius 1 is 1.37 bits per heavy atom. The monoisotopic (exact) mass is 283 g/mol. The Balaban J connectivity index is 0.00000180. The number of rotatable bonds is 3. The van der Waals surface area contributed by atoms with E-state index in [0.717, 1.165) is 25.1 Å². The van der Waals surface area contributed by atoms with Crippen molar-refractivity contribution in [1.29, 1.82) is 0 Å². The number of hydrogen-bond donors (Lipinski definition) is 1. The lowest BCUT2D eigenvalue weighted by molar-refractivity contribution is -0.131. The van der Waals surface area contributed by atoms with Crippen molar-refractivity contribution in [1.82, 2.24) is 9.80 Å². The van der Waals surface area contributed by atoms with Crippen molar-refractivity contribution in [2.45, 2.75) is 18.5 Å². The van der Waals surface area contributed by atoms with E-state index in [1.165, 1.54) is 0 Å². The van der Waals surface area contributed by atoms with Gasteiger partial charge in [0.05, 0.1) is 0 Å². The molecule has 0 spiro atoms. The Morgan fingerprint density at radius 2 is 2.00 bits per heavy atom. The van der Waals surface area contributed by atoms with Crippen molar-refractivity contribution in [3.63, 3.8) is 0 Å². The first-order valence-corrected chi connectivity index (χ1v) is 6.35. The smallest absolute Gasteiger partial charge is 0.244 e. The number of benzene rings is 1. The fourth-order valence-electron chi connectivity index (χ4n) is 2.36. The predicted octanol–water partition coefficient (Wildman–Crippen LogP) is 1.27. The Bertz CT molecular complexity index is 410. The lowest BCUT2D eigenvalue weighted by Crippen LogP contribution is -2.39. The molecular weight excluding hydrogens is 262 g/mol. The lowest BCUT2D eigenvalue weighted by Gasteiger charge is -2.23. The minimum absolute atomic E-state index is 0. The van der Waals surface area contributed by atoms with Gasteiger partial charge in [0.15, 0.2) is 0 Å². The molecule has 1 aromatic carbocycles.